The highest BCUT2D eigenvalue weighted by molar-refractivity contribution is 7.14. The summed E-state index contributed by atoms with van der Waals surface area (Å²) >= 11 is 7.72. The summed E-state index contributed by atoms with van der Waals surface area (Å²) < 4.78 is 0. The van der Waals surface area contributed by atoms with Gasteiger partial charge < -0.3 is 5.32 Å². The van der Waals surface area contributed by atoms with Gasteiger partial charge in [0.1, 0.15) is 0 Å². The fraction of sp³-hybridized carbons (Fsp3) is 0.667. The van der Waals surface area contributed by atoms with Gasteiger partial charge in [0.25, 0.3) is 5.91 Å². The first-order valence-electron chi connectivity index (χ1n) is 6.97. The number of rotatable bonds is 4. The van der Waals surface area contributed by atoms with Crippen LogP contribution >= 0.6 is 22.9 Å². The van der Waals surface area contributed by atoms with Gasteiger partial charge >= 0.3 is 0 Å². The second-order valence-corrected chi connectivity index (χ2v) is 7.25. The normalized spacial score (nSPS) is 18.3. The van der Waals surface area contributed by atoms with Crippen LogP contribution in [0.1, 0.15) is 52.2 Å². The topological polar surface area (TPSA) is 29.1 Å². The highest BCUT2D eigenvalue weighted by Crippen LogP contribution is 2.36. The maximum Gasteiger partial charge on any atom is 0.261 e. The Morgan fingerprint density at radius 2 is 2.05 bits per heavy atom. The van der Waals surface area contributed by atoms with Gasteiger partial charge in [-0.3, -0.25) is 4.79 Å². The maximum absolute atomic E-state index is 12.2. The highest BCUT2D eigenvalue weighted by atomic mass is 35.5. The van der Waals surface area contributed by atoms with Crippen molar-refractivity contribution >= 4 is 28.8 Å². The number of hydrogen-bond acceptors (Lipinski definition) is 2. The third-order valence-electron chi connectivity index (χ3n) is 4.21. The SMILES string of the molecule is Cc1cc(C(=O)NCC2(CCl)CCCCC2)sc1C. The fourth-order valence-electron chi connectivity index (χ4n) is 2.70. The second kappa shape index (κ2) is 6.27. The van der Waals surface area contributed by atoms with E-state index in [1.165, 1.54) is 29.7 Å². The van der Waals surface area contributed by atoms with E-state index in [9.17, 15) is 4.79 Å². The molecular weight excluding hydrogens is 278 g/mol. The van der Waals surface area contributed by atoms with Crippen LogP contribution in [0.5, 0.6) is 0 Å². The number of hydrogen-bond donors (Lipinski definition) is 1. The van der Waals surface area contributed by atoms with Gasteiger partial charge in [0, 0.05) is 22.7 Å². The van der Waals surface area contributed by atoms with Crippen molar-refractivity contribution in [1.29, 1.82) is 0 Å². The Morgan fingerprint density at radius 3 is 2.58 bits per heavy atom. The standard InChI is InChI=1S/C15H22ClNOS/c1-11-8-13(19-12(11)2)14(18)17-10-15(9-16)6-4-3-5-7-15/h8H,3-7,9-10H2,1-2H3,(H,17,18). The Balaban J connectivity index is 1.95. The molecule has 1 aromatic rings. The molecule has 0 radical (unpaired) electrons. The van der Waals surface area contributed by atoms with Crippen LogP contribution in [0.2, 0.25) is 0 Å². The van der Waals surface area contributed by atoms with Crippen LogP contribution in [0, 0.1) is 19.3 Å². The minimum absolute atomic E-state index is 0.0521. The van der Waals surface area contributed by atoms with Gasteiger partial charge in [-0.05, 0) is 38.3 Å². The maximum atomic E-state index is 12.2. The van der Waals surface area contributed by atoms with Crippen LogP contribution in [0.4, 0.5) is 0 Å². The van der Waals surface area contributed by atoms with E-state index in [2.05, 4.69) is 12.2 Å². The molecule has 0 spiro atoms. The average Bonchev–Trinajstić information content (AvgIpc) is 2.77. The summed E-state index contributed by atoms with van der Waals surface area (Å²) in [6.45, 7) is 4.81. The molecule has 1 amide bonds. The predicted octanol–water partition coefficient (Wildman–Crippen LogP) is 4.28. The largest absolute Gasteiger partial charge is 0.351 e. The summed E-state index contributed by atoms with van der Waals surface area (Å²) in [4.78, 5) is 14.2. The first-order valence-corrected chi connectivity index (χ1v) is 8.33. The summed E-state index contributed by atoms with van der Waals surface area (Å²) in [6, 6.07) is 1.98. The molecule has 2 rings (SSSR count). The lowest BCUT2D eigenvalue weighted by Gasteiger charge is -2.35. The van der Waals surface area contributed by atoms with Crippen molar-refractivity contribution in [3.63, 3.8) is 0 Å². The van der Waals surface area contributed by atoms with Gasteiger partial charge in [-0.15, -0.1) is 22.9 Å². The molecule has 1 aliphatic rings. The molecule has 19 heavy (non-hydrogen) atoms. The molecule has 0 bridgehead atoms. The van der Waals surface area contributed by atoms with Gasteiger partial charge in [0.2, 0.25) is 0 Å². The molecule has 0 saturated heterocycles. The van der Waals surface area contributed by atoms with E-state index in [0.29, 0.717) is 12.4 Å². The lowest BCUT2D eigenvalue weighted by atomic mass is 9.75. The summed E-state index contributed by atoms with van der Waals surface area (Å²) in [5.41, 5.74) is 1.32. The Morgan fingerprint density at radius 1 is 1.37 bits per heavy atom. The minimum atomic E-state index is 0.0521. The van der Waals surface area contributed by atoms with E-state index in [-0.39, 0.29) is 11.3 Å². The average molecular weight is 300 g/mol. The van der Waals surface area contributed by atoms with Crippen LogP contribution in [-0.2, 0) is 0 Å². The van der Waals surface area contributed by atoms with Gasteiger partial charge in [-0.25, -0.2) is 0 Å². The lowest BCUT2D eigenvalue weighted by Crippen LogP contribution is -2.40. The van der Waals surface area contributed by atoms with E-state index in [1.807, 2.05) is 13.0 Å². The first-order chi connectivity index (χ1) is 9.06. The highest BCUT2D eigenvalue weighted by Gasteiger charge is 2.31. The van der Waals surface area contributed by atoms with Crippen molar-refractivity contribution in [2.24, 2.45) is 5.41 Å². The Kier molecular flexibility index (Phi) is 4.91. The van der Waals surface area contributed by atoms with Crippen LogP contribution in [-0.4, -0.2) is 18.3 Å². The van der Waals surface area contributed by atoms with Crippen molar-refractivity contribution in [2.75, 3.05) is 12.4 Å². The molecule has 2 nitrogen and oxygen atoms in total. The van der Waals surface area contributed by atoms with E-state index in [4.69, 9.17) is 11.6 Å². The van der Waals surface area contributed by atoms with Crippen molar-refractivity contribution in [1.82, 2.24) is 5.32 Å². The van der Waals surface area contributed by atoms with Crippen LogP contribution < -0.4 is 5.32 Å². The van der Waals surface area contributed by atoms with Crippen LogP contribution in [0.15, 0.2) is 6.07 Å². The van der Waals surface area contributed by atoms with E-state index < -0.39 is 0 Å². The number of halogens is 1. The molecule has 1 aromatic heterocycles. The molecule has 4 heteroatoms. The van der Waals surface area contributed by atoms with Crippen molar-refractivity contribution < 1.29 is 4.79 Å². The van der Waals surface area contributed by atoms with Crippen molar-refractivity contribution in [3.05, 3.63) is 21.4 Å². The number of amides is 1. The molecule has 1 heterocycles. The van der Waals surface area contributed by atoms with Gasteiger partial charge in [0.15, 0.2) is 0 Å². The summed E-state index contributed by atoms with van der Waals surface area (Å²) in [6.07, 6.45) is 6.05. The molecule has 1 aliphatic carbocycles. The number of alkyl halides is 1. The Bertz CT molecular complexity index is 429. The Labute approximate surface area is 124 Å². The minimum Gasteiger partial charge on any atom is -0.351 e. The van der Waals surface area contributed by atoms with Crippen molar-refractivity contribution in [3.8, 4) is 0 Å². The smallest absolute Gasteiger partial charge is 0.261 e. The summed E-state index contributed by atoms with van der Waals surface area (Å²) in [5, 5.41) is 3.09. The molecule has 106 valence electrons. The number of thiophene rings is 1. The molecule has 1 N–H and O–H groups in total. The zero-order valence-corrected chi connectivity index (χ0v) is 13.3. The van der Waals surface area contributed by atoms with Gasteiger partial charge in [0.05, 0.1) is 4.88 Å². The lowest BCUT2D eigenvalue weighted by molar-refractivity contribution is 0.0925. The number of carbonyl (C=O) groups is 1. The van der Waals surface area contributed by atoms with E-state index in [0.717, 1.165) is 17.7 Å². The third-order valence-corrected chi connectivity index (χ3v) is 5.93. The molecular formula is C15H22ClNOS. The van der Waals surface area contributed by atoms with Crippen LogP contribution in [0.3, 0.4) is 0 Å². The molecule has 0 unspecified atom stereocenters. The molecule has 0 aromatic carbocycles. The fourth-order valence-corrected chi connectivity index (χ4v) is 4.01. The number of nitrogens with one attached hydrogen (secondary N) is 1. The Hall–Kier alpha value is -0.540. The number of aryl methyl sites for hydroxylation is 2. The zero-order valence-electron chi connectivity index (χ0n) is 11.7. The molecule has 1 fully saturated rings. The van der Waals surface area contributed by atoms with Crippen LogP contribution in [0.25, 0.3) is 0 Å². The first kappa shape index (κ1) is 14.9. The molecule has 1 saturated carbocycles. The predicted molar refractivity (Wildman–Crippen MR) is 82.4 cm³/mol. The third kappa shape index (κ3) is 3.51. The van der Waals surface area contributed by atoms with Gasteiger partial charge in [-0.1, -0.05) is 19.3 Å². The summed E-state index contributed by atoms with van der Waals surface area (Å²) in [5.74, 6) is 0.701. The zero-order chi connectivity index (χ0) is 13.9. The van der Waals surface area contributed by atoms with E-state index >= 15 is 0 Å². The second-order valence-electron chi connectivity index (χ2n) is 5.73. The molecule has 0 aliphatic heterocycles. The van der Waals surface area contributed by atoms with Crippen molar-refractivity contribution in [2.45, 2.75) is 46.0 Å². The quantitative estimate of drug-likeness (QED) is 0.826. The molecule has 0 atom stereocenters. The summed E-state index contributed by atoms with van der Waals surface area (Å²) in [7, 11) is 0. The van der Waals surface area contributed by atoms with E-state index in [1.54, 1.807) is 11.3 Å². The monoisotopic (exact) mass is 299 g/mol. The van der Waals surface area contributed by atoms with Gasteiger partial charge in [-0.2, -0.15) is 0 Å². The number of carbonyl (C=O) groups excluding carboxylic acids is 1.